The smallest absolute Gasteiger partial charge is 0.352 e. The molecule has 39 heavy (non-hydrogen) atoms. The lowest BCUT2D eigenvalue weighted by Crippen LogP contribution is -2.85. The largest absolute Gasteiger partial charge is 0.364 e. The van der Waals surface area contributed by atoms with Gasteiger partial charge in [-0.2, -0.15) is 4.90 Å². The van der Waals surface area contributed by atoms with Crippen LogP contribution < -0.4 is 10.7 Å². The van der Waals surface area contributed by atoms with Gasteiger partial charge in [-0.05, 0) is 41.4 Å². The number of nitrogens with two attached hydrogens (primary N) is 1. The van der Waals surface area contributed by atoms with Crippen LogP contribution in [0.25, 0.3) is 0 Å². The van der Waals surface area contributed by atoms with Crippen LogP contribution >= 0.6 is 0 Å². The molecule has 0 bridgehead atoms. The van der Waals surface area contributed by atoms with Crippen molar-refractivity contribution in [2.75, 3.05) is 7.05 Å². The summed E-state index contributed by atoms with van der Waals surface area (Å²) in [6.07, 6.45) is 2.99. The Balaban J connectivity index is 1.66. The lowest BCUT2D eigenvalue weighted by Gasteiger charge is -2.26. The first-order valence-electron chi connectivity index (χ1n) is 13.5. The van der Waals surface area contributed by atoms with E-state index in [1.807, 2.05) is 48.5 Å². The monoisotopic (exact) mass is 530 g/mol. The average Bonchev–Trinajstić information content (AvgIpc) is 3.49. The fourth-order valence-electron chi connectivity index (χ4n) is 5.12. The summed E-state index contributed by atoms with van der Waals surface area (Å²) in [5, 5.41) is 3.93. The van der Waals surface area contributed by atoms with Crippen LogP contribution in [0.3, 0.4) is 0 Å². The minimum Gasteiger partial charge on any atom is -0.364 e. The summed E-state index contributed by atoms with van der Waals surface area (Å²) in [7, 11) is 1.75. The van der Waals surface area contributed by atoms with E-state index in [9.17, 15) is 9.59 Å². The number of carbonyl (C=O) groups excluding carboxylic acids is 2. The van der Waals surface area contributed by atoms with Gasteiger partial charge < -0.3 is 9.42 Å². The van der Waals surface area contributed by atoms with E-state index in [-0.39, 0.29) is 23.8 Å². The van der Waals surface area contributed by atoms with Gasteiger partial charge in [-0.3, -0.25) is 20.3 Å². The molecule has 1 aliphatic heterocycles. The highest BCUT2D eigenvalue weighted by molar-refractivity contribution is 6.02. The van der Waals surface area contributed by atoms with Crippen molar-refractivity contribution in [2.45, 2.75) is 71.5 Å². The molecular formula is C31H40N5O3+. The molecule has 0 aliphatic carbocycles. The molecule has 0 saturated heterocycles. The molecule has 8 nitrogen and oxygen atoms in total. The normalized spacial score (nSPS) is 17.6. The summed E-state index contributed by atoms with van der Waals surface area (Å²) in [6, 6.07) is 17.4. The van der Waals surface area contributed by atoms with Crippen molar-refractivity contribution in [1.82, 2.24) is 15.0 Å². The van der Waals surface area contributed by atoms with Crippen LogP contribution in [0.2, 0.25) is 0 Å². The molecule has 3 N–H and O–H groups in total. The molecule has 0 unspecified atom stereocenters. The number of hydrogen-bond acceptors (Lipinski definition) is 5. The van der Waals surface area contributed by atoms with Crippen LogP contribution in [0.4, 0.5) is 0 Å². The Labute approximate surface area is 230 Å². The molecule has 4 rings (SSSR count). The predicted molar refractivity (Wildman–Crippen MR) is 150 cm³/mol. The molecule has 0 saturated carbocycles. The van der Waals surface area contributed by atoms with E-state index in [4.69, 9.17) is 10.3 Å². The standard InChI is InChI=1S/C31H39N5O3/c1-21(2)14-16-31(23-10-8-7-9-11-23)28(38)36(29(32)33-31)19-22-12-13-26(30(3,4)5)25(18-22)27(37)35(6)20-24-15-17-39-34-24/h7-13,15,17-18,21H,14,16,19-20H2,1-6H3,(H2,32,33)/p+1/t31-/m1/s1. The van der Waals surface area contributed by atoms with Gasteiger partial charge in [0.25, 0.3) is 5.91 Å². The maximum absolute atomic E-state index is 14.1. The van der Waals surface area contributed by atoms with Gasteiger partial charge in [0.05, 0.1) is 6.54 Å². The van der Waals surface area contributed by atoms with Gasteiger partial charge in [-0.25, -0.2) is 0 Å². The molecule has 0 radical (unpaired) electrons. The molecule has 2 heterocycles. The molecule has 8 heteroatoms. The molecule has 206 valence electrons. The minimum atomic E-state index is -0.919. The zero-order valence-electron chi connectivity index (χ0n) is 23.8. The summed E-state index contributed by atoms with van der Waals surface area (Å²) in [6.45, 7) is 11.1. The van der Waals surface area contributed by atoms with E-state index >= 15 is 0 Å². The number of benzene rings is 2. The van der Waals surface area contributed by atoms with Crippen LogP contribution in [0.15, 0.2) is 65.4 Å². The average molecular weight is 531 g/mol. The topological polar surface area (TPSA) is 107 Å². The molecule has 0 spiro atoms. The van der Waals surface area contributed by atoms with E-state index in [0.29, 0.717) is 36.1 Å². The summed E-state index contributed by atoms with van der Waals surface area (Å²) >= 11 is 0. The third kappa shape index (κ3) is 5.90. The minimum absolute atomic E-state index is 0.0808. The summed E-state index contributed by atoms with van der Waals surface area (Å²) in [4.78, 5) is 34.3. The number of aromatic nitrogens is 1. The zero-order valence-corrected chi connectivity index (χ0v) is 23.8. The molecule has 3 aromatic rings. The highest BCUT2D eigenvalue weighted by Gasteiger charge is 2.53. The molecule has 2 aromatic carbocycles. The van der Waals surface area contributed by atoms with Gasteiger partial charge >= 0.3 is 11.9 Å². The molecular weight excluding hydrogens is 490 g/mol. The van der Waals surface area contributed by atoms with Crippen molar-refractivity contribution in [1.29, 1.82) is 0 Å². The third-order valence-electron chi connectivity index (χ3n) is 7.31. The van der Waals surface area contributed by atoms with E-state index in [1.165, 1.54) is 6.26 Å². The Bertz CT molecular complexity index is 1340. The van der Waals surface area contributed by atoms with Crippen molar-refractivity contribution in [2.24, 2.45) is 11.7 Å². The lowest BCUT2D eigenvalue weighted by atomic mass is 9.82. The second-order valence-corrected chi connectivity index (χ2v) is 11.9. The second kappa shape index (κ2) is 11.0. The summed E-state index contributed by atoms with van der Waals surface area (Å²) in [5.74, 6) is 0.553. The van der Waals surface area contributed by atoms with Crippen LogP contribution in [0.1, 0.15) is 80.2 Å². The van der Waals surface area contributed by atoms with Crippen molar-refractivity contribution >= 4 is 17.8 Å². The zero-order chi connectivity index (χ0) is 28.4. The SMILES string of the molecule is CC(C)CC[C@]1(c2ccccc2)[NH+]=C(N)N(Cc2ccc(C(C)(C)C)c(C(=O)N(C)Cc3ccon3)c2)C1=O. The highest BCUT2D eigenvalue weighted by Crippen LogP contribution is 2.31. The highest BCUT2D eigenvalue weighted by atomic mass is 16.5. The van der Waals surface area contributed by atoms with Crippen molar-refractivity contribution in [3.8, 4) is 0 Å². The van der Waals surface area contributed by atoms with Gasteiger partial charge in [0, 0.05) is 24.2 Å². The number of carbonyl (C=O) groups is 2. The fraction of sp³-hybridized carbons (Fsp3) is 0.419. The fourth-order valence-corrected chi connectivity index (χ4v) is 5.12. The maximum atomic E-state index is 14.1. The number of guanidine groups is 1. The number of rotatable bonds is 9. The van der Waals surface area contributed by atoms with Gasteiger partial charge in [-0.15, -0.1) is 0 Å². The first kappa shape index (κ1) is 28.1. The summed E-state index contributed by atoms with van der Waals surface area (Å²) < 4.78 is 4.93. The van der Waals surface area contributed by atoms with Crippen molar-refractivity contribution < 1.29 is 19.1 Å². The van der Waals surface area contributed by atoms with E-state index in [1.54, 1.807) is 22.9 Å². The van der Waals surface area contributed by atoms with Crippen LogP contribution in [0.5, 0.6) is 0 Å². The van der Waals surface area contributed by atoms with Crippen molar-refractivity contribution in [3.63, 3.8) is 0 Å². The molecule has 1 aliphatic rings. The number of nitrogens with one attached hydrogen (secondary N) is 1. The Kier molecular flexibility index (Phi) is 7.95. The molecule has 1 atom stereocenters. The predicted octanol–water partition coefficient (Wildman–Crippen LogP) is 3.31. The van der Waals surface area contributed by atoms with Crippen molar-refractivity contribution in [3.05, 3.63) is 88.8 Å². The van der Waals surface area contributed by atoms with Gasteiger partial charge in [0.1, 0.15) is 18.5 Å². The summed E-state index contributed by atoms with van der Waals surface area (Å²) in [5.41, 5.74) is 9.23. The Morgan fingerprint density at radius 3 is 2.49 bits per heavy atom. The van der Waals surface area contributed by atoms with Crippen LogP contribution in [-0.4, -0.2) is 39.8 Å². The Morgan fingerprint density at radius 2 is 1.87 bits per heavy atom. The number of nitrogens with zero attached hydrogens (tertiary/aromatic N) is 3. The molecule has 0 fully saturated rings. The van der Waals surface area contributed by atoms with Gasteiger partial charge in [0.2, 0.25) is 5.54 Å². The first-order valence-corrected chi connectivity index (χ1v) is 13.5. The first-order chi connectivity index (χ1) is 18.4. The number of amides is 2. The Morgan fingerprint density at radius 1 is 1.15 bits per heavy atom. The van der Waals surface area contributed by atoms with Crippen LogP contribution in [0, 0.1) is 5.92 Å². The third-order valence-corrected chi connectivity index (χ3v) is 7.31. The number of hydrogen-bond donors (Lipinski definition) is 2. The van der Waals surface area contributed by atoms with Gasteiger partial charge in [0.15, 0.2) is 0 Å². The second-order valence-electron chi connectivity index (χ2n) is 11.9. The van der Waals surface area contributed by atoms with E-state index < -0.39 is 5.54 Å². The maximum Gasteiger partial charge on any atom is 0.352 e. The molecule has 2 amide bonds. The van der Waals surface area contributed by atoms with Crippen LogP contribution in [-0.2, 0) is 28.8 Å². The van der Waals surface area contributed by atoms with E-state index in [2.05, 4.69) is 44.8 Å². The molecule has 1 aromatic heterocycles. The van der Waals surface area contributed by atoms with E-state index in [0.717, 1.165) is 23.1 Å². The quantitative estimate of drug-likeness (QED) is 0.442. The Hall–Kier alpha value is -3.94. The lowest BCUT2D eigenvalue weighted by molar-refractivity contribution is -0.540. The van der Waals surface area contributed by atoms with Gasteiger partial charge in [-0.1, -0.05) is 82.2 Å².